The first kappa shape index (κ1) is 36.1. The van der Waals surface area contributed by atoms with Gasteiger partial charge in [-0.25, -0.2) is 26.9 Å². The van der Waals surface area contributed by atoms with Gasteiger partial charge >= 0.3 is 29.6 Å². The molecule has 6 rings (SSSR count). The second-order valence-electron chi connectivity index (χ2n) is 10.1. The van der Waals surface area contributed by atoms with Gasteiger partial charge in [-0.15, -0.1) is 10.2 Å². The number of carbonyl (C=O) groups is 1. The smallest absolute Gasteiger partial charge is 0.481 e. The summed E-state index contributed by atoms with van der Waals surface area (Å²) in [7, 11) is -5.25. The largest absolute Gasteiger partial charge is 1.00 e. The molecule has 5 aromatic rings. The molecule has 50 heavy (non-hydrogen) atoms. The van der Waals surface area contributed by atoms with E-state index in [9.17, 15) is 21.6 Å². The van der Waals surface area contributed by atoms with Gasteiger partial charge in [0.2, 0.25) is 27.6 Å². The van der Waals surface area contributed by atoms with Gasteiger partial charge in [0.25, 0.3) is 10.0 Å². The number of nitrogens with one attached hydrogen (secondary N) is 2. The zero-order valence-corrected chi connectivity index (χ0v) is 30.3. The Kier molecular flexibility index (Phi) is 10.9. The fraction of sp³-hybridized carbons (Fsp3) is 0.0625. The SMILES string of the molecule is COc1ccc([N-]S(=O)(=O)c2ccc(N=C3C=C(Nc4ccc(S(=O)(=O)Nc5ccc(OC)nn5)cc4)C(=O)c4ccccc43)cc2)nn1.[Na+]. The molecule has 0 spiro atoms. The van der Waals surface area contributed by atoms with Gasteiger partial charge in [-0.2, -0.15) is 0 Å². The molecule has 2 aromatic heterocycles. The summed E-state index contributed by atoms with van der Waals surface area (Å²) in [6.45, 7) is 0. The summed E-state index contributed by atoms with van der Waals surface area (Å²) in [5, 5.41) is 18.0. The number of ketones is 1. The fourth-order valence-corrected chi connectivity index (χ4v) is 6.47. The first-order valence-corrected chi connectivity index (χ1v) is 17.1. The van der Waals surface area contributed by atoms with E-state index in [4.69, 9.17) is 9.47 Å². The summed E-state index contributed by atoms with van der Waals surface area (Å²) in [5.74, 6) is 0.0713. The van der Waals surface area contributed by atoms with Crippen LogP contribution in [0.15, 0.2) is 124 Å². The number of Topliss-reactive ketones (excluding diaryl/α,β-unsaturated/α-hetero) is 1. The molecule has 0 fully saturated rings. The molecule has 0 aliphatic heterocycles. The molecule has 248 valence electrons. The molecule has 3 aromatic carbocycles. The van der Waals surface area contributed by atoms with Crippen LogP contribution in [-0.4, -0.2) is 62.9 Å². The Morgan fingerprint density at radius 1 is 0.700 bits per heavy atom. The van der Waals surface area contributed by atoms with E-state index >= 15 is 0 Å². The summed E-state index contributed by atoms with van der Waals surface area (Å²) in [4.78, 5) is 18.0. The van der Waals surface area contributed by atoms with Crippen LogP contribution < -0.4 is 49.1 Å². The van der Waals surface area contributed by atoms with Gasteiger partial charge in [0.1, 0.15) is 0 Å². The van der Waals surface area contributed by atoms with Crippen LogP contribution in [-0.2, 0) is 20.0 Å². The van der Waals surface area contributed by atoms with Crippen molar-refractivity contribution in [3.8, 4) is 11.8 Å². The van der Waals surface area contributed by atoms with Crippen LogP contribution in [0.3, 0.4) is 0 Å². The number of carbonyl (C=O) groups excluding carboxylic acids is 1. The predicted molar refractivity (Wildman–Crippen MR) is 180 cm³/mol. The van der Waals surface area contributed by atoms with Gasteiger partial charge in [-0.1, -0.05) is 30.3 Å². The number of aliphatic imine (C=N–C) groups is 1. The van der Waals surface area contributed by atoms with Gasteiger partial charge in [-0.3, -0.25) is 9.52 Å². The van der Waals surface area contributed by atoms with E-state index in [1.165, 1.54) is 87.0 Å². The van der Waals surface area contributed by atoms with Crippen LogP contribution in [0.25, 0.3) is 4.72 Å². The van der Waals surface area contributed by atoms with Crippen LogP contribution in [0.5, 0.6) is 11.8 Å². The summed E-state index contributed by atoms with van der Waals surface area (Å²) in [6.07, 6.45) is 1.57. The molecule has 0 saturated carbocycles. The topological polar surface area (TPSA) is 206 Å². The maximum absolute atomic E-state index is 13.4. The average Bonchev–Trinajstić information content (AvgIpc) is 3.11. The molecular weight excluding hydrogens is 696 g/mol. The van der Waals surface area contributed by atoms with Crippen molar-refractivity contribution in [3.05, 3.63) is 125 Å². The predicted octanol–water partition coefficient (Wildman–Crippen LogP) is 1.80. The Bertz CT molecular complexity index is 2300. The Balaban J connectivity index is 0.00000486. The molecule has 0 amide bonds. The van der Waals surface area contributed by atoms with Crippen LogP contribution >= 0.6 is 0 Å². The number of ether oxygens (including phenoxy) is 2. The zero-order chi connectivity index (χ0) is 34.6. The summed E-state index contributed by atoms with van der Waals surface area (Å²) >= 11 is 0. The van der Waals surface area contributed by atoms with Crippen molar-refractivity contribution in [3.63, 3.8) is 0 Å². The van der Waals surface area contributed by atoms with Gasteiger partial charge in [0.05, 0.1) is 41.1 Å². The molecule has 2 heterocycles. The summed E-state index contributed by atoms with van der Waals surface area (Å²) in [6, 6.07) is 24.2. The van der Waals surface area contributed by atoms with Crippen molar-refractivity contribution in [2.75, 3.05) is 24.3 Å². The number of anilines is 2. The van der Waals surface area contributed by atoms with Crippen molar-refractivity contribution in [2.24, 2.45) is 4.99 Å². The average molecular weight is 721 g/mol. The molecule has 18 heteroatoms. The van der Waals surface area contributed by atoms with Gasteiger partial charge in [0.15, 0.2) is 5.82 Å². The van der Waals surface area contributed by atoms with E-state index in [2.05, 4.69) is 40.1 Å². The maximum atomic E-state index is 13.4. The van der Waals surface area contributed by atoms with Crippen LogP contribution in [0.2, 0.25) is 0 Å². The van der Waals surface area contributed by atoms with E-state index in [1.807, 2.05) is 0 Å². The van der Waals surface area contributed by atoms with Crippen LogP contribution in [0.1, 0.15) is 15.9 Å². The third kappa shape index (κ3) is 8.15. The van der Waals surface area contributed by atoms with Crippen molar-refractivity contribution in [2.45, 2.75) is 9.79 Å². The first-order valence-electron chi connectivity index (χ1n) is 14.2. The molecule has 0 radical (unpaired) electrons. The first-order chi connectivity index (χ1) is 23.5. The minimum Gasteiger partial charge on any atom is -0.481 e. The number of allylic oxidation sites excluding steroid dienone is 2. The van der Waals surface area contributed by atoms with Crippen LogP contribution in [0, 0.1) is 0 Å². The summed E-state index contributed by atoms with van der Waals surface area (Å²) < 4.78 is 67.4. The van der Waals surface area contributed by atoms with Gasteiger partial charge in [0, 0.05) is 28.9 Å². The molecule has 1 aliphatic carbocycles. The number of benzene rings is 3. The molecule has 0 saturated heterocycles. The Morgan fingerprint density at radius 3 is 1.92 bits per heavy atom. The third-order valence-corrected chi connectivity index (χ3v) is 9.60. The van der Waals surface area contributed by atoms with E-state index in [-0.39, 0.29) is 74.2 Å². The minimum absolute atomic E-state index is 0. The number of methoxy groups -OCH3 is 2. The number of rotatable bonds is 11. The third-order valence-electron chi connectivity index (χ3n) is 6.94. The molecule has 1 aliphatic rings. The van der Waals surface area contributed by atoms with E-state index in [0.717, 1.165) is 0 Å². The maximum Gasteiger partial charge on any atom is 1.00 e. The van der Waals surface area contributed by atoms with Gasteiger partial charge in [-0.05, 0) is 66.5 Å². The number of sulfonamides is 2. The van der Waals surface area contributed by atoms with Crippen molar-refractivity contribution in [1.82, 2.24) is 20.4 Å². The molecule has 0 bridgehead atoms. The normalized spacial score (nSPS) is 13.4. The second-order valence-corrected chi connectivity index (χ2v) is 13.4. The minimum atomic E-state index is -4.10. The quantitative estimate of drug-likeness (QED) is 0.188. The van der Waals surface area contributed by atoms with E-state index in [0.29, 0.717) is 28.2 Å². The molecule has 2 N–H and O–H groups in total. The van der Waals surface area contributed by atoms with Gasteiger partial charge < -0.3 is 24.6 Å². The monoisotopic (exact) mass is 720 g/mol. The number of nitrogens with zero attached hydrogens (tertiary/aromatic N) is 6. The number of fused-ring (bicyclic) bond motifs is 1. The number of aromatic nitrogens is 4. The second kappa shape index (κ2) is 15.1. The number of hydrogen-bond donors (Lipinski definition) is 2. The van der Waals surface area contributed by atoms with Crippen molar-refractivity contribution in [1.29, 1.82) is 0 Å². The van der Waals surface area contributed by atoms with E-state index in [1.54, 1.807) is 30.3 Å². The molecular formula is C32H25N8NaO7S2. The number of hydrogen-bond acceptors (Lipinski definition) is 13. The Morgan fingerprint density at radius 2 is 1.32 bits per heavy atom. The zero-order valence-electron chi connectivity index (χ0n) is 26.7. The molecule has 0 unspecified atom stereocenters. The Labute approximate surface area is 309 Å². The fourth-order valence-electron chi connectivity index (χ4n) is 4.55. The van der Waals surface area contributed by atoms with E-state index < -0.39 is 20.0 Å². The summed E-state index contributed by atoms with van der Waals surface area (Å²) in [5.41, 5.74) is 2.47. The van der Waals surface area contributed by atoms with Crippen LogP contribution in [0.4, 0.5) is 23.0 Å². The molecule has 0 atom stereocenters. The van der Waals surface area contributed by atoms with Crippen molar-refractivity contribution >= 4 is 54.6 Å². The molecule has 15 nitrogen and oxygen atoms in total. The Hall–Kier alpha value is -5.20. The standard InChI is InChI=1S/C32H25N8O7S2.Na/c1-46-30-17-15-28(35-37-30)39-48(42,43)22-11-7-20(8-12-22)33-26-19-27(32(41)25-6-4-3-5-24(25)26)34-21-9-13-23(14-10-21)49(44,45)40-29-16-18-31(47-2)38-36-29;/h3-19H,1-2H3,(H2-,33,34,35,36,39,40);/q-1;+1. The van der Waals surface area contributed by atoms with Crippen molar-refractivity contribution < 1.29 is 60.7 Å².